The summed E-state index contributed by atoms with van der Waals surface area (Å²) in [6.07, 6.45) is 0. The van der Waals surface area contributed by atoms with E-state index in [0.29, 0.717) is 12.4 Å². The SMILES string of the molecule is CCOc1ccc(OCCNC(=O)COC(=O)c2c(-c3c(F)cccc3Cl)noc2C)cc1. The molecular weight excluding hydrogens is 455 g/mol. The normalized spacial score (nSPS) is 10.5. The summed E-state index contributed by atoms with van der Waals surface area (Å²) in [5.74, 6) is -0.611. The molecule has 3 rings (SSSR count). The van der Waals surface area contributed by atoms with E-state index in [-0.39, 0.29) is 40.8 Å². The second kappa shape index (κ2) is 11.3. The summed E-state index contributed by atoms with van der Waals surface area (Å²) in [6, 6.07) is 11.2. The quantitative estimate of drug-likeness (QED) is 0.346. The Morgan fingerprint density at radius 1 is 1.12 bits per heavy atom. The lowest BCUT2D eigenvalue weighted by Crippen LogP contribution is -2.32. The summed E-state index contributed by atoms with van der Waals surface area (Å²) in [5.41, 5.74) is -0.280. The van der Waals surface area contributed by atoms with Crippen LogP contribution in [0, 0.1) is 12.7 Å². The number of rotatable bonds is 10. The molecule has 0 aliphatic carbocycles. The lowest BCUT2D eigenvalue weighted by atomic mass is 10.1. The van der Waals surface area contributed by atoms with Gasteiger partial charge in [0.25, 0.3) is 5.91 Å². The van der Waals surface area contributed by atoms with Crippen LogP contribution in [0.15, 0.2) is 47.0 Å². The number of nitrogens with zero attached hydrogens (tertiary/aromatic N) is 1. The van der Waals surface area contributed by atoms with Crippen molar-refractivity contribution in [2.75, 3.05) is 26.4 Å². The van der Waals surface area contributed by atoms with Gasteiger partial charge < -0.3 is 24.1 Å². The van der Waals surface area contributed by atoms with E-state index in [1.807, 2.05) is 6.92 Å². The number of esters is 1. The molecule has 0 aliphatic heterocycles. The lowest BCUT2D eigenvalue weighted by Gasteiger charge is -2.09. The minimum absolute atomic E-state index is 0.0580. The number of benzene rings is 2. The molecule has 1 aromatic heterocycles. The van der Waals surface area contributed by atoms with Gasteiger partial charge >= 0.3 is 5.97 Å². The predicted molar refractivity (Wildman–Crippen MR) is 118 cm³/mol. The van der Waals surface area contributed by atoms with Crippen LogP contribution in [0.4, 0.5) is 4.39 Å². The lowest BCUT2D eigenvalue weighted by molar-refractivity contribution is -0.124. The molecule has 2 aromatic carbocycles. The molecule has 0 saturated carbocycles. The first-order chi connectivity index (χ1) is 15.9. The number of aryl methyl sites for hydroxylation is 1. The van der Waals surface area contributed by atoms with Crippen LogP contribution in [0.3, 0.4) is 0 Å². The molecule has 174 valence electrons. The highest BCUT2D eigenvalue weighted by atomic mass is 35.5. The molecule has 0 unspecified atom stereocenters. The smallest absolute Gasteiger partial charge is 0.344 e. The molecule has 0 spiro atoms. The highest BCUT2D eigenvalue weighted by Crippen LogP contribution is 2.33. The highest BCUT2D eigenvalue weighted by Gasteiger charge is 2.26. The van der Waals surface area contributed by atoms with Crippen molar-refractivity contribution in [2.24, 2.45) is 0 Å². The largest absolute Gasteiger partial charge is 0.494 e. The van der Waals surface area contributed by atoms with Crippen LogP contribution in [-0.4, -0.2) is 43.4 Å². The van der Waals surface area contributed by atoms with Crippen LogP contribution in [0.5, 0.6) is 11.5 Å². The first-order valence-corrected chi connectivity index (χ1v) is 10.5. The van der Waals surface area contributed by atoms with Crippen molar-refractivity contribution in [3.63, 3.8) is 0 Å². The second-order valence-electron chi connectivity index (χ2n) is 6.74. The van der Waals surface area contributed by atoms with Gasteiger partial charge in [0, 0.05) is 0 Å². The Hall–Kier alpha value is -3.59. The van der Waals surface area contributed by atoms with E-state index < -0.39 is 24.3 Å². The summed E-state index contributed by atoms with van der Waals surface area (Å²) < 4.78 is 35.2. The van der Waals surface area contributed by atoms with E-state index in [2.05, 4.69) is 10.5 Å². The van der Waals surface area contributed by atoms with Crippen molar-refractivity contribution in [3.8, 4) is 22.8 Å². The molecule has 0 fully saturated rings. The average molecular weight is 477 g/mol. The molecule has 8 nitrogen and oxygen atoms in total. The predicted octanol–water partition coefficient (Wildman–Crippen LogP) is 4.19. The van der Waals surface area contributed by atoms with Crippen LogP contribution in [0.25, 0.3) is 11.3 Å². The number of carbonyl (C=O) groups is 2. The zero-order chi connectivity index (χ0) is 23.8. The standard InChI is InChI=1S/C23H22ClFN2O6/c1-3-30-15-7-9-16(10-8-15)31-12-11-26-19(28)13-32-23(29)20-14(2)33-27-22(20)21-17(24)5-4-6-18(21)25/h4-10H,3,11-13H2,1-2H3,(H,26,28). The molecule has 3 aromatic rings. The van der Waals surface area contributed by atoms with E-state index in [1.165, 1.54) is 25.1 Å². The number of ether oxygens (including phenoxy) is 3. The second-order valence-corrected chi connectivity index (χ2v) is 7.15. The van der Waals surface area contributed by atoms with Crippen molar-refractivity contribution in [3.05, 3.63) is 64.6 Å². The zero-order valence-electron chi connectivity index (χ0n) is 18.0. The van der Waals surface area contributed by atoms with Crippen LogP contribution >= 0.6 is 11.6 Å². The topological polar surface area (TPSA) is 99.9 Å². The van der Waals surface area contributed by atoms with Gasteiger partial charge in [0.2, 0.25) is 0 Å². The van der Waals surface area contributed by atoms with Crippen molar-refractivity contribution in [2.45, 2.75) is 13.8 Å². The summed E-state index contributed by atoms with van der Waals surface area (Å²) >= 11 is 6.06. The van der Waals surface area contributed by atoms with Gasteiger partial charge in [-0.25, -0.2) is 9.18 Å². The van der Waals surface area contributed by atoms with E-state index in [4.69, 9.17) is 30.3 Å². The van der Waals surface area contributed by atoms with E-state index in [1.54, 1.807) is 24.3 Å². The van der Waals surface area contributed by atoms with Crippen LogP contribution in [0.1, 0.15) is 23.0 Å². The van der Waals surface area contributed by atoms with Gasteiger partial charge in [-0.2, -0.15) is 0 Å². The Morgan fingerprint density at radius 3 is 2.48 bits per heavy atom. The number of halogens is 2. The molecule has 1 N–H and O–H groups in total. The average Bonchev–Trinajstić information content (AvgIpc) is 3.17. The molecule has 0 aliphatic rings. The third-order valence-electron chi connectivity index (χ3n) is 4.43. The van der Waals surface area contributed by atoms with Crippen LogP contribution in [-0.2, 0) is 9.53 Å². The molecule has 0 saturated heterocycles. The number of aromatic nitrogens is 1. The van der Waals surface area contributed by atoms with Gasteiger partial charge in [-0.15, -0.1) is 0 Å². The number of hydrogen-bond donors (Lipinski definition) is 1. The first kappa shape index (κ1) is 24.1. The molecule has 33 heavy (non-hydrogen) atoms. The molecule has 1 amide bonds. The third kappa shape index (κ3) is 6.23. The van der Waals surface area contributed by atoms with E-state index in [0.717, 1.165) is 5.75 Å². The molecule has 0 atom stereocenters. The van der Waals surface area contributed by atoms with Gasteiger partial charge in [-0.1, -0.05) is 22.8 Å². The first-order valence-electron chi connectivity index (χ1n) is 10.1. The van der Waals surface area contributed by atoms with Crippen molar-refractivity contribution >= 4 is 23.5 Å². The van der Waals surface area contributed by atoms with Gasteiger partial charge in [-0.05, 0) is 50.2 Å². The molecule has 10 heteroatoms. The third-order valence-corrected chi connectivity index (χ3v) is 4.74. The Balaban J connectivity index is 1.49. The van der Waals surface area contributed by atoms with Gasteiger partial charge in [0.05, 0.1) is 23.7 Å². The number of hydrogen-bond acceptors (Lipinski definition) is 7. The Morgan fingerprint density at radius 2 is 1.82 bits per heavy atom. The number of carbonyl (C=O) groups excluding carboxylic acids is 2. The fourth-order valence-electron chi connectivity index (χ4n) is 2.92. The maximum absolute atomic E-state index is 14.3. The maximum Gasteiger partial charge on any atom is 0.344 e. The molecule has 0 radical (unpaired) electrons. The van der Waals surface area contributed by atoms with Crippen molar-refractivity contribution in [1.29, 1.82) is 0 Å². The summed E-state index contributed by atoms with van der Waals surface area (Å²) in [4.78, 5) is 24.5. The fourth-order valence-corrected chi connectivity index (χ4v) is 3.17. The Bertz CT molecular complexity index is 1100. The minimum Gasteiger partial charge on any atom is -0.494 e. The maximum atomic E-state index is 14.3. The minimum atomic E-state index is -0.885. The van der Waals surface area contributed by atoms with Crippen LogP contribution < -0.4 is 14.8 Å². The van der Waals surface area contributed by atoms with Gasteiger partial charge in [-0.3, -0.25) is 4.79 Å². The van der Waals surface area contributed by atoms with E-state index >= 15 is 0 Å². The monoisotopic (exact) mass is 476 g/mol. The van der Waals surface area contributed by atoms with Crippen molar-refractivity contribution in [1.82, 2.24) is 10.5 Å². The molecule has 0 bridgehead atoms. The summed E-state index contributed by atoms with van der Waals surface area (Å²) in [6.45, 7) is 3.82. The van der Waals surface area contributed by atoms with E-state index in [9.17, 15) is 14.0 Å². The summed E-state index contributed by atoms with van der Waals surface area (Å²) in [7, 11) is 0. The number of amides is 1. The summed E-state index contributed by atoms with van der Waals surface area (Å²) in [5, 5.41) is 6.37. The Labute approximate surface area is 194 Å². The highest BCUT2D eigenvalue weighted by molar-refractivity contribution is 6.33. The zero-order valence-corrected chi connectivity index (χ0v) is 18.8. The number of nitrogens with one attached hydrogen (secondary N) is 1. The fraction of sp³-hybridized carbons (Fsp3) is 0.261. The van der Waals surface area contributed by atoms with Crippen LogP contribution in [0.2, 0.25) is 5.02 Å². The molecule has 1 heterocycles. The van der Waals surface area contributed by atoms with Gasteiger partial charge in [0.1, 0.15) is 40.9 Å². The Kier molecular flexibility index (Phi) is 8.26. The van der Waals surface area contributed by atoms with Gasteiger partial charge in [0.15, 0.2) is 6.61 Å². The molecular formula is C23H22ClFN2O6. The van der Waals surface area contributed by atoms with Crippen molar-refractivity contribution < 1.29 is 32.7 Å².